The maximum Gasteiger partial charge on any atom is 0.323 e. The molecule has 1 saturated heterocycles. The fourth-order valence-electron chi connectivity index (χ4n) is 3.63. The minimum Gasteiger partial charge on any atom is -0.378 e. The lowest BCUT2D eigenvalue weighted by Gasteiger charge is -2.27. The van der Waals surface area contributed by atoms with E-state index in [9.17, 15) is 4.79 Å². The van der Waals surface area contributed by atoms with Crippen molar-refractivity contribution in [2.75, 3.05) is 41.8 Å². The molecular formula is C26H24N6O2. The van der Waals surface area contributed by atoms with Gasteiger partial charge < -0.3 is 20.3 Å². The molecule has 2 N–H and O–H groups in total. The topological polar surface area (TPSA) is 92.3 Å². The Morgan fingerprint density at radius 3 is 1.82 bits per heavy atom. The zero-order chi connectivity index (χ0) is 23.2. The number of urea groups is 1. The van der Waals surface area contributed by atoms with Crippen LogP contribution in [0, 0.1) is 0 Å². The van der Waals surface area contributed by atoms with Crippen LogP contribution in [0.3, 0.4) is 0 Å². The molecule has 0 bridgehead atoms. The Morgan fingerprint density at radius 1 is 0.676 bits per heavy atom. The van der Waals surface area contributed by atoms with Crippen LogP contribution in [0.15, 0.2) is 84.9 Å². The van der Waals surface area contributed by atoms with Gasteiger partial charge in [0.2, 0.25) is 5.95 Å². The predicted molar refractivity (Wildman–Crippen MR) is 133 cm³/mol. The van der Waals surface area contributed by atoms with Gasteiger partial charge in [-0.25, -0.2) is 9.78 Å². The van der Waals surface area contributed by atoms with E-state index in [1.54, 1.807) is 0 Å². The van der Waals surface area contributed by atoms with Gasteiger partial charge in [-0.1, -0.05) is 48.5 Å². The summed E-state index contributed by atoms with van der Waals surface area (Å²) in [6.45, 7) is 2.76. The van der Waals surface area contributed by atoms with E-state index in [1.165, 1.54) is 0 Å². The van der Waals surface area contributed by atoms with Gasteiger partial charge in [0.05, 0.1) is 13.2 Å². The maximum atomic E-state index is 12.3. The number of nitrogens with one attached hydrogen (secondary N) is 2. The Morgan fingerprint density at radius 2 is 1.21 bits per heavy atom. The molecule has 170 valence electrons. The van der Waals surface area contributed by atoms with Crippen LogP contribution in [-0.4, -0.2) is 47.3 Å². The molecule has 1 aromatic heterocycles. The Balaban J connectivity index is 1.39. The molecule has 34 heavy (non-hydrogen) atoms. The molecule has 1 fully saturated rings. The monoisotopic (exact) mass is 452 g/mol. The molecule has 8 heteroatoms. The molecule has 0 aliphatic carbocycles. The van der Waals surface area contributed by atoms with E-state index in [2.05, 4.69) is 15.5 Å². The zero-order valence-electron chi connectivity index (χ0n) is 18.5. The van der Waals surface area contributed by atoms with Crippen molar-refractivity contribution in [2.45, 2.75) is 0 Å². The lowest BCUT2D eigenvalue weighted by molar-refractivity contribution is 0.122. The van der Waals surface area contributed by atoms with Crippen molar-refractivity contribution in [3.05, 3.63) is 84.9 Å². The van der Waals surface area contributed by atoms with E-state index in [0.29, 0.717) is 36.5 Å². The number of benzene rings is 3. The molecule has 0 saturated carbocycles. The van der Waals surface area contributed by atoms with E-state index >= 15 is 0 Å². The van der Waals surface area contributed by atoms with Crippen molar-refractivity contribution in [2.24, 2.45) is 0 Å². The summed E-state index contributed by atoms with van der Waals surface area (Å²) in [5, 5.41) is 5.65. The average molecular weight is 453 g/mol. The summed E-state index contributed by atoms with van der Waals surface area (Å²) in [6, 6.07) is 26.3. The molecule has 0 atom stereocenters. The minimum atomic E-state index is -0.305. The van der Waals surface area contributed by atoms with Crippen LogP contribution in [0.2, 0.25) is 0 Å². The smallest absolute Gasteiger partial charge is 0.323 e. The highest BCUT2D eigenvalue weighted by molar-refractivity contribution is 5.99. The molecular weight excluding hydrogens is 428 g/mol. The summed E-state index contributed by atoms with van der Waals surface area (Å²) >= 11 is 0. The van der Waals surface area contributed by atoms with Crippen LogP contribution in [0.1, 0.15) is 0 Å². The van der Waals surface area contributed by atoms with Crippen molar-refractivity contribution in [3.63, 3.8) is 0 Å². The largest absolute Gasteiger partial charge is 0.378 e. The van der Waals surface area contributed by atoms with Crippen LogP contribution < -0.4 is 15.5 Å². The van der Waals surface area contributed by atoms with Crippen molar-refractivity contribution < 1.29 is 9.53 Å². The Hall–Kier alpha value is -4.30. The molecule has 1 aliphatic heterocycles. The van der Waals surface area contributed by atoms with Gasteiger partial charge in [-0.2, -0.15) is 9.97 Å². The van der Waals surface area contributed by atoms with Gasteiger partial charge in [0.15, 0.2) is 11.6 Å². The molecule has 8 nitrogen and oxygen atoms in total. The van der Waals surface area contributed by atoms with Crippen molar-refractivity contribution in [1.82, 2.24) is 15.0 Å². The van der Waals surface area contributed by atoms with Gasteiger partial charge >= 0.3 is 6.03 Å². The Kier molecular flexibility index (Phi) is 6.40. The first kappa shape index (κ1) is 21.5. The highest BCUT2D eigenvalue weighted by Crippen LogP contribution is 2.24. The number of carbonyl (C=O) groups excluding carboxylic acids is 1. The summed E-state index contributed by atoms with van der Waals surface area (Å²) in [5.41, 5.74) is 3.16. The van der Waals surface area contributed by atoms with Gasteiger partial charge in [-0.05, 0) is 36.4 Å². The molecule has 5 rings (SSSR count). The average Bonchev–Trinajstić information content (AvgIpc) is 2.90. The molecule has 0 radical (unpaired) electrons. The Labute approximate surface area is 197 Å². The lowest BCUT2D eigenvalue weighted by atomic mass is 10.1. The van der Waals surface area contributed by atoms with Crippen LogP contribution in [0.4, 0.5) is 22.1 Å². The first-order chi connectivity index (χ1) is 16.7. The quantitative estimate of drug-likeness (QED) is 0.457. The number of aromatic nitrogens is 3. The number of para-hydroxylation sites is 1. The molecule has 4 aromatic rings. The second-order valence-corrected chi connectivity index (χ2v) is 7.77. The van der Waals surface area contributed by atoms with Crippen LogP contribution in [0.5, 0.6) is 0 Å². The van der Waals surface area contributed by atoms with E-state index in [1.807, 2.05) is 84.9 Å². The number of morpholine rings is 1. The third-order valence-electron chi connectivity index (χ3n) is 5.38. The van der Waals surface area contributed by atoms with E-state index in [0.717, 1.165) is 29.9 Å². The Bertz CT molecular complexity index is 1240. The first-order valence-corrected chi connectivity index (χ1v) is 11.1. The van der Waals surface area contributed by atoms with Crippen molar-refractivity contribution >= 4 is 23.4 Å². The second kappa shape index (κ2) is 10.1. The summed E-state index contributed by atoms with van der Waals surface area (Å²) in [4.78, 5) is 28.6. The molecule has 2 heterocycles. The third-order valence-corrected chi connectivity index (χ3v) is 5.38. The highest BCUT2D eigenvalue weighted by Gasteiger charge is 2.18. The van der Waals surface area contributed by atoms with E-state index in [4.69, 9.17) is 19.7 Å². The van der Waals surface area contributed by atoms with Gasteiger partial charge in [0.1, 0.15) is 0 Å². The summed E-state index contributed by atoms with van der Waals surface area (Å²) in [6.07, 6.45) is 0. The van der Waals surface area contributed by atoms with Gasteiger partial charge in [0, 0.05) is 35.6 Å². The highest BCUT2D eigenvalue weighted by atomic mass is 16.5. The predicted octanol–water partition coefficient (Wildman–Crippen LogP) is 4.69. The van der Waals surface area contributed by atoms with Gasteiger partial charge in [-0.3, -0.25) is 0 Å². The number of carbonyl (C=O) groups is 1. The van der Waals surface area contributed by atoms with Crippen molar-refractivity contribution in [3.8, 4) is 22.8 Å². The molecule has 0 unspecified atom stereocenters. The minimum absolute atomic E-state index is 0.305. The fourth-order valence-corrected chi connectivity index (χ4v) is 3.63. The van der Waals surface area contributed by atoms with Crippen molar-refractivity contribution in [1.29, 1.82) is 0 Å². The van der Waals surface area contributed by atoms with Gasteiger partial charge in [-0.15, -0.1) is 0 Å². The third kappa shape index (κ3) is 5.19. The SMILES string of the molecule is O=C(Nc1ccccc1)Nc1ccc(-c2nc(-c3ccccc3)nc(N3CCOCC3)n2)cc1. The fraction of sp³-hybridized carbons (Fsp3) is 0.154. The number of rotatable bonds is 5. The van der Waals surface area contributed by atoms with Crippen LogP contribution >= 0.6 is 0 Å². The first-order valence-electron chi connectivity index (χ1n) is 11.1. The standard InChI is InChI=1S/C26H24N6O2/c33-26(27-21-9-5-2-6-10-21)28-22-13-11-20(12-14-22)24-29-23(19-7-3-1-4-8-19)30-25(31-24)32-15-17-34-18-16-32/h1-14H,15-18H2,(H2,27,28,33). The zero-order valence-corrected chi connectivity index (χ0v) is 18.5. The van der Waals surface area contributed by atoms with E-state index in [-0.39, 0.29) is 6.03 Å². The van der Waals surface area contributed by atoms with Gasteiger partial charge in [0.25, 0.3) is 0 Å². The number of ether oxygens (including phenoxy) is 1. The normalized spacial score (nSPS) is 13.4. The van der Waals surface area contributed by atoms with Crippen LogP contribution in [0.25, 0.3) is 22.8 Å². The molecule has 1 aliphatic rings. The summed E-state index contributed by atoms with van der Waals surface area (Å²) < 4.78 is 5.48. The van der Waals surface area contributed by atoms with Crippen LogP contribution in [-0.2, 0) is 4.74 Å². The number of hydrogen-bond acceptors (Lipinski definition) is 6. The maximum absolute atomic E-state index is 12.3. The number of anilines is 3. The number of amides is 2. The number of nitrogens with zero attached hydrogens (tertiary/aromatic N) is 4. The molecule has 0 spiro atoms. The molecule has 3 aromatic carbocycles. The summed E-state index contributed by atoms with van der Waals surface area (Å²) in [5.74, 6) is 1.84. The lowest BCUT2D eigenvalue weighted by Crippen LogP contribution is -2.37. The molecule has 2 amide bonds. The number of hydrogen-bond donors (Lipinski definition) is 2. The van der Waals surface area contributed by atoms with E-state index < -0.39 is 0 Å². The second-order valence-electron chi connectivity index (χ2n) is 7.77. The summed E-state index contributed by atoms with van der Waals surface area (Å²) in [7, 11) is 0.